The van der Waals surface area contributed by atoms with E-state index in [1.807, 2.05) is 21.1 Å². The van der Waals surface area contributed by atoms with Gasteiger partial charge in [-0.1, -0.05) is 244 Å². The number of hydrogen-bond acceptors (Lipinski definition) is 7. The molecule has 0 aliphatic rings. The molecule has 0 bridgehead atoms. The van der Waals surface area contributed by atoms with Crippen molar-refractivity contribution >= 4 is 19.8 Å². The van der Waals surface area contributed by atoms with E-state index in [1.165, 1.54) is 186 Å². The summed E-state index contributed by atoms with van der Waals surface area (Å²) in [6, 6.07) is 0. The predicted octanol–water partition coefficient (Wildman–Crippen LogP) is 16.9. The summed E-state index contributed by atoms with van der Waals surface area (Å²) in [6.45, 7) is 4.39. The highest BCUT2D eigenvalue weighted by molar-refractivity contribution is 7.47. The van der Waals surface area contributed by atoms with Gasteiger partial charge in [-0.05, 0) is 32.1 Å². The highest BCUT2D eigenvalue weighted by Gasteiger charge is 2.27. The van der Waals surface area contributed by atoms with Crippen molar-refractivity contribution in [2.45, 2.75) is 283 Å². The molecule has 0 aromatic rings. The molecule has 0 fully saturated rings. The van der Waals surface area contributed by atoms with Crippen molar-refractivity contribution in [1.82, 2.24) is 0 Å². The summed E-state index contributed by atoms with van der Waals surface area (Å²) in [6.07, 6.45) is 54.6. The standard InChI is InChI=1S/C55H108NO8P/c1-6-8-10-12-14-16-18-19-20-21-22-23-24-25-26-27-28-29-30-31-32-33-34-35-36-37-38-40-41-43-45-47-54(57)61-51-53(52-63-65(59,60)62-50-49-56(3,4)5)64-55(58)48-46-44-42-39-17-15-13-11-9-7-2/h11,13,53H,6-10,12,14-52H2,1-5H3/p+1/b13-11-. The summed E-state index contributed by atoms with van der Waals surface area (Å²) < 4.78 is 34.4. The summed E-state index contributed by atoms with van der Waals surface area (Å²) in [5, 5.41) is 0. The van der Waals surface area contributed by atoms with Crippen molar-refractivity contribution < 1.29 is 42.1 Å². The molecule has 0 amide bonds. The maximum Gasteiger partial charge on any atom is 0.472 e. The number of unbranched alkanes of at least 4 members (excludes halogenated alkanes) is 36. The Labute approximate surface area is 403 Å². The molecule has 0 saturated heterocycles. The lowest BCUT2D eigenvalue weighted by atomic mass is 10.0. The smallest absolute Gasteiger partial charge is 0.462 e. The lowest BCUT2D eigenvalue weighted by Gasteiger charge is -2.24. The summed E-state index contributed by atoms with van der Waals surface area (Å²) in [5.41, 5.74) is 0. The minimum atomic E-state index is -4.37. The van der Waals surface area contributed by atoms with Crippen LogP contribution in [0, 0.1) is 0 Å². The van der Waals surface area contributed by atoms with E-state index in [2.05, 4.69) is 26.0 Å². The van der Waals surface area contributed by atoms with Gasteiger partial charge in [-0.2, -0.15) is 0 Å². The molecule has 386 valence electrons. The number of nitrogens with zero attached hydrogens (tertiary/aromatic N) is 1. The van der Waals surface area contributed by atoms with E-state index in [0.29, 0.717) is 23.9 Å². The predicted molar refractivity (Wildman–Crippen MR) is 275 cm³/mol. The van der Waals surface area contributed by atoms with Crippen LogP contribution in [0.5, 0.6) is 0 Å². The quantitative estimate of drug-likeness (QED) is 0.0211. The second-order valence-electron chi connectivity index (χ2n) is 20.3. The van der Waals surface area contributed by atoms with E-state index in [4.69, 9.17) is 18.5 Å². The zero-order chi connectivity index (χ0) is 47.8. The highest BCUT2D eigenvalue weighted by atomic mass is 31.2. The third kappa shape index (κ3) is 52.0. The van der Waals surface area contributed by atoms with Gasteiger partial charge in [-0.15, -0.1) is 0 Å². The molecule has 1 N–H and O–H groups in total. The van der Waals surface area contributed by atoms with Crippen LogP contribution in [-0.2, 0) is 32.7 Å². The normalized spacial score (nSPS) is 13.4. The molecule has 0 spiro atoms. The minimum absolute atomic E-state index is 0.0332. The average Bonchev–Trinajstić information content (AvgIpc) is 3.26. The summed E-state index contributed by atoms with van der Waals surface area (Å²) in [5.74, 6) is -0.797. The van der Waals surface area contributed by atoms with Gasteiger partial charge in [0.05, 0.1) is 27.7 Å². The van der Waals surface area contributed by atoms with Gasteiger partial charge in [0, 0.05) is 12.8 Å². The second kappa shape index (κ2) is 47.8. The van der Waals surface area contributed by atoms with Gasteiger partial charge < -0.3 is 18.9 Å². The fraction of sp³-hybridized carbons (Fsp3) is 0.927. The molecule has 0 aromatic carbocycles. The van der Waals surface area contributed by atoms with Crippen LogP contribution in [0.4, 0.5) is 0 Å². The number of likely N-dealkylation sites (N-methyl/N-ethyl adjacent to an activating group) is 1. The maximum absolute atomic E-state index is 12.7. The monoisotopic (exact) mass is 943 g/mol. The molecule has 2 atom stereocenters. The first kappa shape index (κ1) is 63.8. The van der Waals surface area contributed by atoms with Crippen LogP contribution >= 0.6 is 7.82 Å². The minimum Gasteiger partial charge on any atom is -0.462 e. The largest absolute Gasteiger partial charge is 0.472 e. The maximum atomic E-state index is 12.7. The first-order chi connectivity index (χ1) is 31.5. The zero-order valence-electron chi connectivity index (χ0n) is 43.8. The van der Waals surface area contributed by atoms with Crippen molar-refractivity contribution in [2.24, 2.45) is 0 Å². The Morgan fingerprint density at radius 2 is 0.815 bits per heavy atom. The van der Waals surface area contributed by atoms with Crippen LogP contribution < -0.4 is 0 Å². The molecule has 0 radical (unpaired) electrons. The lowest BCUT2D eigenvalue weighted by Crippen LogP contribution is -2.37. The lowest BCUT2D eigenvalue weighted by molar-refractivity contribution is -0.870. The fourth-order valence-corrected chi connectivity index (χ4v) is 8.94. The molecule has 0 rings (SSSR count). The third-order valence-electron chi connectivity index (χ3n) is 12.5. The number of hydrogen-bond donors (Lipinski definition) is 1. The van der Waals surface area contributed by atoms with Crippen molar-refractivity contribution in [1.29, 1.82) is 0 Å². The van der Waals surface area contributed by atoms with Crippen LogP contribution in [0.2, 0.25) is 0 Å². The Kier molecular flexibility index (Phi) is 46.9. The summed E-state index contributed by atoms with van der Waals surface area (Å²) in [7, 11) is 1.48. The number of esters is 2. The van der Waals surface area contributed by atoms with Crippen LogP contribution in [0.3, 0.4) is 0 Å². The van der Waals surface area contributed by atoms with E-state index in [1.54, 1.807) is 0 Å². The van der Waals surface area contributed by atoms with Crippen LogP contribution in [-0.4, -0.2) is 74.9 Å². The number of rotatable bonds is 52. The van der Waals surface area contributed by atoms with E-state index in [0.717, 1.165) is 57.8 Å². The second-order valence-corrected chi connectivity index (χ2v) is 21.8. The number of phosphoric ester groups is 1. The molecular formula is C55H109NO8P+. The van der Waals surface area contributed by atoms with Gasteiger partial charge >= 0.3 is 19.8 Å². The van der Waals surface area contributed by atoms with Gasteiger partial charge in [0.2, 0.25) is 0 Å². The van der Waals surface area contributed by atoms with Gasteiger partial charge in [0.15, 0.2) is 6.10 Å². The first-order valence-corrected chi connectivity index (χ1v) is 29.4. The molecule has 10 heteroatoms. The fourth-order valence-electron chi connectivity index (χ4n) is 8.20. The molecule has 0 aliphatic heterocycles. The van der Waals surface area contributed by atoms with Crippen molar-refractivity contribution in [3.05, 3.63) is 12.2 Å². The van der Waals surface area contributed by atoms with Crippen molar-refractivity contribution in [3.8, 4) is 0 Å². The van der Waals surface area contributed by atoms with Crippen molar-refractivity contribution in [3.63, 3.8) is 0 Å². The van der Waals surface area contributed by atoms with Gasteiger partial charge in [-0.3, -0.25) is 18.6 Å². The van der Waals surface area contributed by atoms with E-state index < -0.39 is 26.5 Å². The third-order valence-corrected chi connectivity index (χ3v) is 13.5. The first-order valence-electron chi connectivity index (χ1n) is 27.9. The molecule has 0 heterocycles. The number of ether oxygens (including phenoxy) is 2. The topological polar surface area (TPSA) is 108 Å². The molecule has 0 aromatic heterocycles. The van der Waals surface area contributed by atoms with Gasteiger partial charge in [0.25, 0.3) is 0 Å². The van der Waals surface area contributed by atoms with Gasteiger partial charge in [0.1, 0.15) is 19.8 Å². The Balaban J connectivity index is 3.90. The van der Waals surface area contributed by atoms with Crippen LogP contribution in [0.1, 0.15) is 277 Å². The summed E-state index contributed by atoms with van der Waals surface area (Å²) >= 11 is 0. The molecule has 65 heavy (non-hydrogen) atoms. The Hall–Kier alpha value is -1.25. The summed E-state index contributed by atoms with van der Waals surface area (Å²) in [4.78, 5) is 35.4. The molecule has 0 saturated carbocycles. The number of allylic oxidation sites excluding steroid dienone is 2. The van der Waals surface area contributed by atoms with Gasteiger partial charge in [-0.25, -0.2) is 4.57 Å². The molecule has 0 aliphatic carbocycles. The number of carbonyl (C=O) groups excluding carboxylic acids is 2. The number of quaternary nitrogens is 1. The zero-order valence-corrected chi connectivity index (χ0v) is 44.6. The van der Waals surface area contributed by atoms with E-state index in [9.17, 15) is 19.0 Å². The Morgan fingerprint density at radius 1 is 0.462 bits per heavy atom. The number of carbonyl (C=O) groups is 2. The highest BCUT2D eigenvalue weighted by Crippen LogP contribution is 2.43. The van der Waals surface area contributed by atoms with Crippen LogP contribution in [0.25, 0.3) is 0 Å². The Bertz CT molecular complexity index is 1110. The Morgan fingerprint density at radius 3 is 1.20 bits per heavy atom. The molecule has 9 nitrogen and oxygen atoms in total. The number of phosphoric acid groups is 1. The van der Waals surface area contributed by atoms with Crippen LogP contribution in [0.15, 0.2) is 12.2 Å². The molecular weight excluding hydrogens is 834 g/mol. The SMILES string of the molecule is CCC/C=C\CCCCCCCC(=O)OC(COC(=O)CCCCCCCCCCCCCCCCCCCCCCCCCCCCCCCCC)COP(=O)(O)OCC[N+](C)(C)C. The average molecular weight is 943 g/mol. The molecule has 2 unspecified atom stereocenters. The van der Waals surface area contributed by atoms with Crippen molar-refractivity contribution in [2.75, 3.05) is 47.5 Å². The van der Waals surface area contributed by atoms with E-state index >= 15 is 0 Å². The van der Waals surface area contributed by atoms with E-state index in [-0.39, 0.29) is 25.6 Å².